The molecule has 0 bridgehead atoms. The lowest BCUT2D eigenvalue weighted by Crippen LogP contribution is -2.43. The van der Waals surface area contributed by atoms with Crippen molar-refractivity contribution >= 4 is 17.5 Å². The summed E-state index contributed by atoms with van der Waals surface area (Å²) in [6.45, 7) is 5.79. The van der Waals surface area contributed by atoms with E-state index in [2.05, 4.69) is 19.2 Å². The molecule has 0 unspecified atom stereocenters. The summed E-state index contributed by atoms with van der Waals surface area (Å²) < 4.78 is 0. The fraction of sp³-hybridized carbons (Fsp3) is 0.556. The zero-order chi connectivity index (χ0) is 16.1. The summed E-state index contributed by atoms with van der Waals surface area (Å²) in [4.78, 5) is 25.9. The van der Waals surface area contributed by atoms with E-state index >= 15 is 0 Å². The van der Waals surface area contributed by atoms with E-state index in [1.54, 1.807) is 4.90 Å². The molecule has 2 rings (SSSR count). The third-order valence-electron chi connectivity index (χ3n) is 4.25. The minimum absolute atomic E-state index is 0.0688. The second kappa shape index (κ2) is 7.43. The van der Waals surface area contributed by atoms with Gasteiger partial charge in [-0.25, -0.2) is 0 Å². The number of benzene rings is 1. The molecule has 0 heterocycles. The van der Waals surface area contributed by atoms with Crippen LogP contribution in [0.3, 0.4) is 0 Å². The van der Waals surface area contributed by atoms with E-state index in [4.69, 9.17) is 0 Å². The van der Waals surface area contributed by atoms with Gasteiger partial charge >= 0.3 is 0 Å². The standard InChI is InChI=1S/C18H26N2O2/c1-13(2)16-10-6-7-11-17(16)20(14(3)21)12-18(22)19-15-8-4-5-9-15/h6-7,10-11,13,15H,4-5,8-9,12H2,1-3H3,(H,19,22). The molecule has 0 aromatic heterocycles. The van der Waals surface area contributed by atoms with Crippen molar-refractivity contribution in [3.8, 4) is 0 Å². The molecular formula is C18H26N2O2. The van der Waals surface area contributed by atoms with Crippen LogP contribution in [0.1, 0.15) is 57.9 Å². The third-order valence-corrected chi connectivity index (χ3v) is 4.25. The first-order valence-electron chi connectivity index (χ1n) is 8.15. The molecule has 1 N–H and O–H groups in total. The molecule has 0 radical (unpaired) electrons. The van der Waals surface area contributed by atoms with E-state index in [0.29, 0.717) is 5.92 Å². The van der Waals surface area contributed by atoms with Crippen molar-refractivity contribution in [2.75, 3.05) is 11.4 Å². The van der Waals surface area contributed by atoms with Crippen LogP contribution < -0.4 is 10.2 Å². The Labute approximate surface area is 132 Å². The predicted octanol–water partition coefficient (Wildman–Crippen LogP) is 3.22. The molecule has 1 aromatic rings. The first-order chi connectivity index (χ1) is 10.5. The average Bonchev–Trinajstić information content (AvgIpc) is 2.97. The van der Waals surface area contributed by atoms with Crippen molar-refractivity contribution in [1.29, 1.82) is 0 Å². The normalized spacial score (nSPS) is 15.1. The van der Waals surface area contributed by atoms with Crippen molar-refractivity contribution < 1.29 is 9.59 Å². The monoisotopic (exact) mass is 302 g/mol. The van der Waals surface area contributed by atoms with Gasteiger partial charge in [-0.05, 0) is 30.4 Å². The third kappa shape index (κ3) is 4.09. The van der Waals surface area contributed by atoms with Gasteiger partial charge < -0.3 is 10.2 Å². The van der Waals surface area contributed by atoms with E-state index in [-0.39, 0.29) is 24.4 Å². The maximum Gasteiger partial charge on any atom is 0.240 e. The molecule has 0 saturated heterocycles. The second-order valence-corrected chi connectivity index (χ2v) is 6.37. The summed E-state index contributed by atoms with van der Waals surface area (Å²) >= 11 is 0. The highest BCUT2D eigenvalue weighted by Gasteiger charge is 2.22. The molecule has 4 nitrogen and oxygen atoms in total. The number of carbonyl (C=O) groups excluding carboxylic acids is 2. The number of rotatable bonds is 5. The Morgan fingerprint density at radius 2 is 1.86 bits per heavy atom. The van der Waals surface area contributed by atoms with E-state index in [0.717, 1.165) is 24.1 Å². The molecule has 1 aliphatic rings. The van der Waals surface area contributed by atoms with Crippen molar-refractivity contribution in [3.63, 3.8) is 0 Å². The molecule has 1 saturated carbocycles. The molecule has 2 amide bonds. The van der Waals surface area contributed by atoms with E-state index in [1.165, 1.54) is 19.8 Å². The number of nitrogens with zero attached hydrogens (tertiary/aromatic N) is 1. The zero-order valence-corrected chi connectivity index (χ0v) is 13.8. The number of carbonyl (C=O) groups is 2. The van der Waals surface area contributed by atoms with Crippen molar-refractivity contribution in [2.24, 2.45) is 0 Å². The number of amides is 2. The summed E-state index contributed by atoms with van der Waals surface area (Å²) in [5.74, 6) is 0.131. The smallest absolute Gasteiger partial charge is 0.240 e. The quantitative estimate of drug-likeness (QED) is 0.908. The lowest BCUT2D eigenvalue weighted by atomic mass is 10.0. The van der Waals surface area contributed by atoms with Crippen LogP contribution in [0, 0.1) is 0 Å². The van der Waals surface area contributed by atoms with Crippen LogP contribution in [0.5, 0.6) is 0 Å². The summed E-state index contributed by atoms with van der Waals surface area (Å²) in [5.41, 5.74) is 1.93. The Hall–Kier alpha value is -1.84. The van der Waals surface area contributed by atoms with E-state index in [1.807, 2.05) is 24.3 Å². The molecule has 120 valence electrons. The van der Waals surface area contributed by atoms with Gasteiger partial charge in [0.1, 0.15) is 6.54 Å². The largest absolute Gasteiger partial charge is 0.352 e. The van der Waals surface area contributed by atoms with Crippen LogP contribution >= 0.6 is 0 Å². The van der Waals surface area contributed by atoms with Gasteiger partial charge in [-0.3, -0.25) is 9.59 Å². The van der Waals surface area contributed by atoms with Gasteiger partial charge in [0.2, 0.25) is 11.8 Å². The first kappa shape index (κ1) is 16.5. The van der Waals surface area contributed by atoms with Gasteiger partial charge in [-0.1, -0.05) is 44.9 Å². The number of hydrogen-bond donors (Lipinski definition) is 1. The molecule has 1 fully saturated rings. The van der Waals surface area contributed by atoms with Crippen LogP contribution in [0.4, 0.5) is 5.69 Å². The Bertz CT molecular complexity index is 534. The van der Waals surface area contributed by atoms with Gasteiger partial charge in [0.25, 0.3) is 0 Å². The van der Waals surface area contributed by atoms with E-state index < -0.39 is 0 Å². The molecule has 0 aliphatic heterocycles. The molecule has 0 spiro atoms. The highest BCUT2D eigenvalue weighted by molar-refractivity contribution is 5.98. The SMILES string of the molecule is CC(=O)N(CC(=O)NC1CCCC1)c1ccccc1C(C)C. The number of para-hydroxylation sites is 1. The van der Waals surface area contributed by atoms with Gasteiger partial charge in [0.05, 0.1) is 0 Å². The minimum atomic E-state index is -0.102. The fourth-order valence-corrected chi connectivity index (χ4v) is 3.07. The molecule has 1 aromatic carbocycles. The van der Waals surface area contributed by atoms with Gasteiger partial charge in [0, 0.05) is 18.7 Å². The summed E-state index contributed by atoms with van der Waals surface area (Å²) in [6.07, 6.45) is 4.46. The summed E-state index contributed by atoms with van der Waals surface area (Å²) in [6, 6.07) is 8.09. The molecule has 1 aliphatic carbocycles. The van der Waals surface area contributed by atoms with Crippen molar-refractivity contribution in [2.45, 2.75) is 58.4 Å². The number of nitrogens with one attached hydrogen (secondary N) is 1. The van der Waals surface area contributed by atoms with Crippen molar-refractivity contribution in [3.05, 3.63) is 29.8 Å². The first-order valence-corrected chi connectivity index (χ1v) is 8.15. The second-order valence-electron chi connectivity index (χ2n) is 6.37. The summed E-state index contributed by atoms with van der Waals surface area (Å²) in [7, 11) is 0. The molecule has 4 heteroatoms. The minimum Gasteiger partial charge on any atom is -0.352 e. The highest BCUT2D eigenvalue weighted by Crippen LogP contribution is 2.27. The molecule has 0 atom stereocenters. The zero-order valence-electron chi connectivity index (χ0n) is 13.8. The average molecular weight is 302 g/mol. The highest BCUT2D eigenvalue weighted by atomic mass is 16.2. The van der Waals surface area contributed by atoms with Gasteiger partial charge in [-0.2, -0.15) is 0 Å². The van der Waals surface area contributed by atoms with E-state index in [9.17, 15) is 9.59 Å². The number of anilines is 1. The maximum atomic E-state index is 12.3. The van der Waals surface area contributed by atoms with Crippen LogP contribution in [0.25, 0.3) is 0 Å². The Kier molecular flexibility index (Phi) is 5.58. The lowest BCUT2D eigenvalue weighted by Gasteiger charge is -2.25. The van der Waals surface area contributed by atoms with Crippen LogP contribution in [-0.4, -0.2) is 24.4 Å². The number of hydrogen-bond acceptors (Lipinski definition) is 2. The van der Waals surface area contributed by atoms with Crippen LogP contribution in [-0.2, 0) is 9.59 Å². The topological polar surface area (TPSA) is 49.4 Å². The predicted molar refractivity (Wildman–Crippen MR) is 89.0 cm³/mol. The molecular weight excluding hydrogens is 276 g/mol. The van der Waals surface area contributed by atoms with Crippen LogP contribution in [0.2, 0.25) is 0 Å². The Balaban J connectivity index is 2.13. The van der Waals surface area contributed by atoms with Crippen LogP contribution in [0.15, 0.2) is 24.3 Å². The van der Waals surface area contributed by atoms with Gasteiger partial charge in [-0.15, -0.1) is 0 Å². The Morgan fingerprint density at radius 3 is 2.45 bits per heavy atom. The van der Waals surface area contributed by atoms with Gasteiger partial charge in [0.15, 0.2) is 0 Å². The van der Waals surface area contributed by atoms with Crippen molar-refractivity contribution in [1.82, 2.24) is 5.32 Å². The molecule has 22 heavy (non-hydrogen) atoms. The summed E-state index contributed by atoms with van der Waals surface area (Å²) in [5, 5.41) is 3.05. The maximum absolute atomic E-state index is 12.3. The lowest BCUT2D eigenvalue weighted by molar-refractivity contribution is -0.123. The fourth-order valence-electron chi connectivity index (χ4n) is 3.07. The Morgan fingerprint density at radius 1 is 1.23 bits per heavy atom.